The predicted octanol–water partition coefficient (Wildman–Crippen LogP) is 4.21. The predicted molar refractivity (Wildman–Crippen MR) is 104 cm³/mol. The molecule has 1 atom stereocenters. The number of para-hydroxylation sites is 1. The number of benzene rings is 2. The Bertz CT molecular complexity index is 780. The molecule has 0 aromatic heterocycles. The van der Waals surface area contributed by atoms with E-state index in [2.05, 4.69) is 33.3 Å². The summed E-state index contributed by atoms with van der Waals surface area (Å²) in [6.07, 6.45) is 5.18. The molecule has 0 aliphatic carbocycles. The normalized spacial score (nSPS) is 23.0. The van der Waals surface area contributed by atoms with Gasteiger partial charge in [0.1, 0.15) is 12.0 Å². The lowest BCUT2D eigenvalue weighted by Crippen LogP contribution is -2.48. The highest BCUT2D eigenvalue weighted by Gasteiger charge is 2.34. The zero-order valence-corrected chi connectivity index (χ0v) is 15.1. The van der Waals surface area contributed by atoms with Gasteiger partial charge in [-0.1, -0.05) is 24.3 Å². The number of nitrogens with one attached hydrogen (secondary N) is 1. The highest BCUT2D eigenvalue weighted by molar-refractivity contribution is 5.80. The lowest BCUT2D eigenvalue weighted by Gasteiger charge is -2.37. The van der Waals surface area contributed by atoms with Crippen LogP contribution in [0.5, 0.6) is 0 Å². The van der Waals surface area contributed by atoms with Crippen LogP contribution < -0.4 is 10.2 Å². The molecule has 0 amide bonds. The van der Waals surface area contributed by atoms with Crippen LogP contribution >= 0.6 is 0 Å². The van der Waals surface area contributed by atoms with Crippen LogP contribution in [0.2, 0.25) is 0 Å². The number of nitrogens with zero attached hydrogens (tertiary/aromatic N) is 2. The lowest BCUT2D eigenvalue weighted by molar-refractivity contribution is 0.204. The molecule has 1 saturated heterocycles. The van der Waals surface area contributed by atoms with Gasteiger partial charge in [0.15, 0.2) is 0 Å². The number of hydrogen-bond acceptors (Lipinski definition) is 3. The van der Waals surface area contributed by atoms with Crippen LogP contribution in [0.25, 0.3) is 0 Å². The molecular formula is C22H26FN3. The third-order valence-corrected chi connectivity index (χ3v) is 6.31. The van der Waals surface area contributed by atoms with Crippen LogP contribution in [0.15, 0.2) is 42.5 Å². The Labute approximate surface area is 154 Å². The molecule has 136 valence electrons. The Kier molecular flexibility index (Phi) is 4.08. The average molecular weight is 351 g/mol. The number of halogens is 1. The smallest absolute Gasteiger partial charge is 0.123 e. The summed E-state index contributed by atoms with van der Waals surface area (Å²) in [5, 5.41) is 3.76. The molecule has 1 fully saturated rings. The third kappa shape index (κ3) is 2.86. The summed E-state index contributed by atoms with van der Waals surface area (Å²) in [5.41, 5.74) is 5.55. The summed E-state index contributed by atoms with van der Waals surface area (Å²) < 4.78 is 13.1. The molecule has 3 aliphatic heterocycles. The number of anilines is 2. The number of hydrogen-bond donors (Lipinski definition) is 1. The Hall–Kier alpha value is -2.07. The molecule has 2 aromatic rings. The van der Waals surface area contributed by atoms with E-state index in [1.807, 2.05) is 12.1 Å². The van der Waals surface area contributed by atoms with Crippen LogP contribution in [0.4, 0.5) is 15.8 Å². The van der Waals surface area contributed by atoms with Gasteiger partial charge in [0.2, 0.25) is 0 Å². The summed E-state index contributed by atoms with van der Waals surface area (Å²) >= 11 is 0. The van der Waals surface area contributed by atoms with Crippen molar-refractivity contribution in [3.63, 3.8) is 0 Å². The van der Waals surface area contributed by atoms with E-state index in [0.717, 1.165) is 39.0 Å². The number of piperidine rings is 1. The van der Waals surface area contributed by atoms with Crippen molar-refractivity contribution in [2.75, 3.05) is 36.4 Å². The maximum atomic E-state index is 13.1. The minimum absolute atomic E-state index is 0.140. The van der Waals surface area contributed by atoms with Crippen LogP contribution in [0.1, 0.15) is 36.3 Å². The first kappa shape index (κ1) is 16.1. The average Bonchev–Trinajstić information content (AvgIpc) is 3.03. The molecule has 3 heterocycles. The SMILES string of the molecule is Fc1ccc(C2CCN(CC3Nc4cccc5c4N3CCC5)CC2)cc1. The van der Waals surface area contributed by atoms with Gasteiger partial charge in [-0.25, -0.2) is 4.39 Å². The van der Waals surface area contributed by atoms with Gasteiger partial charge in [0.25, 0.3) is 0 Å². The monoisotopic (exact) mass is 351 g/mol. The molecule has 0 radical (unpaired) electrons. The van der Waals surface area contributed by atoms with Gasteiger partial charge in [-0.05, 0) is 74.0 Å². The van der Waals surface area contributed by atoms with Gasteiger partial charge in [0, 0.05) is 13.1 Å². The highest BCUT2D eigenvalue weighted by atomic mass is 19.1. The summed E-state index contributed by atoms with van der Waals surface area (Å²) in [5.74, 6) is 0.432. The van der Waals surface area contributed by atoms with E-state index in [-0.39, 0.29) is 5.82 Å². The fourth-order valence-corrected chi connectivity index (χ4v) is 4.94. The van der Waals surface area contributed by atoms with Crippen molar-refractivity contribution in [1.82, 2.24) is 4.90 Å². The van der Waals surface area contributed by atoms with Gasteiger partial charge in [-0.2, -0.15) is 0 Å². The second-order valence-corrected chi connectivity index (χ2v) is 7.90. The lowest BCUT2D eigenvalue weighted by atomic mass is 9.89. The van der Waals surface area contributed by atoms with E-state index in [9.17, 15) is 4.39 Å². The van der Waals surface area contributed by atoms with Gasteiger partial charge in [0.05, 0.1) is 11.4 Å². The molecular weight excluding hydrogens is 325 g/mol. The molecule has 0 spiro atoms. The van der Waals surface area contributed by atoms with Crippen molar-refractivity contribution in [3.8, 4) is 0 Å². The van der Waals surface area contributed by atoms with E-state index < -0.39 is 0 Å². The van der Waals surface area contributed by atoms with Crippen LogP contribution in [0.3, 0.4) is 0 Å². The van der Waals surface area contributed by atoms with Crippen molar-refractivity contribution < 1.29 is 4.39 Å². The summed E-state index contributed by atoms with van der Waals surface area (Å²) in [6.45, 7) is 4.48. The maximum Gasteiger partial charge on any atom is 0.123 e. The number of likely N-dealkylation sites (tertiary alicyclic amines) is 1. The molecule has 26 heavy (non-hydrogen) atoms. The standard InChI is InChI=1S/C22H26FN3/c23-19-8-6-16(7-9-19)17-10-13-25(14-11-17)15-21-24-20-5-1-3-18-4-2-12-26(21)22(18)20/h1,3,5-9,17,21,24H,2,4,10-15H2. The van der Waals surface area contributed by atoms with Gasteiger partial charge < -0.3 is 10.2 Å². The summed E-state index contributed by atoms with van der Waals surface area (Å²) in [7, 11) is 0. The quantitative estimate of drug-likeness (QED) is 0.894. The third-order valence-electron chi connectivity index (χ3n) is 6.31. The van der Waals surface area contributed by atoms with Crippen molar-refractivity contribution >= 4 is 11.4 Å². The molecule has 0 saturated carbocycles. The van der Waals surface area contributed by atoms with Crippen molar-refractivity contribution in [2.45, 2.75) is 37.8 Å². The zero-order chi connectivity index (χ0) is 17.5. The second-order valence-electron chi connectivity index (χ2n) is 7.90. The van der Waals surface area contributed by atoms with Gasteiger partial charge in [-0.15, -0.1) is 0 Å². The van der Waals surface area contributed by atoms with E-state index in [1.54, 1.807) is 12.1 Å². The summed E-state index contributed by atoms with van der Waals surface area (Å²) in [6, 6.07) is 13.8. The Morgan fingerprint density at radius 1 is 1.00 bits per heavy atom. The molecule has 0 bridgehead atoms. The van der Waals surface area contributed by atoms with E-state index in [0.29, 0.717) is 12.1 Å². The van der Waals surface area contributed by atoms with Crippen LogP contribution in [0, 0.1) is 5.82 Å². The molecule has 5 rings (SSSR count). The molecule has 2 aromatic carbocycles. The van der Waals surface area contributed by atoms with E-state index in [1.165, 1.54) is 35.3 Å². The minimum Gasteiger partial charge on any atom is -0.362 e. The minimum atomic E-state index is -0.140. The van der Waals surface area contributed by atoms with Gasteiger partial charge in [-0.3, -0.25) is 4.90 Å². The topological polar surface area (TPSA) is 18.5 Å². The first-order valence-corrected chi connectivity index (χ1v) is 9.91. The molecule has 3 aliphatic rings. The van der Waals surface area contributed by atoms with Crippen LogP contribution in [-0.4, -0.2) is 37.2 Å². The first-order valence-electron chi connectivity index (χ1n) is 9.91. The van der Waals surface area contributed by atoms with E-state index >= 15 is 0 Å². The maximum absolute atomic E-state index is 13.1. The fraction of sp³-hybridized carbons (Fsp3) is 0.455. The van der Waals surface area contributed by atoms with Crippen molar-refractivity contribution in [2.24, 2.45) is 0 Å². The highest BCUT2D eigenvalue weighted by Crippen LogP contribution is 2.41. The Morgan fingerprint density at radius 2 is 1.81 bits per heavy atom. The van der Waals surface area contributed by atoms with Crippen LogP contribution in [-0.2, 0) is 6.42 Å². The van der Waals surface area contributed by atoms with Gasteiger partial charge >= 0.3 is 0 Å². The first-order chi connectivity index (χ1) is 12.8. The molecule has 1 N–H and O–H groups in total. The Morgan fingerprint density at radius 3 is 2.62 bits per heavy atom. The number of aryl methyl sites for hydroxylation is 1. The summed E-state index contributed by atoms with van der Waals surface area (Å²) in [4.78, 5) is 5.18. The zero-order valence-electron chi connectivity index (χ0n) is 15.1. The Balaban J connectivity index is 1.22. The second kappa shape index (κ2) is 6.58. The molecule has 3 nitrogen and oxygen atoms in total. The van der Waals surface area contributed by atoms with Crippen molar-refractivity contribution in [3.05, 3.63) is 59.4 Å². The number of rotatable bonds is 3. The largest absolute Gasteiger partial charge is 0.362 e. The molecule has 4 heteroatoms. The fourth-order valence-electron chi connectivity index (χ4n) is 4.94. The van der Waals surface area contributed by atoms with E-state index in [4.69, 9.17) is 0 Å². The van der Waals surface area contributed by atoms with Crippen molar-refractivity contribution in [1.29, 1.82) is 0 Å². The molecule has 1 unspecified atom stereocenters.